The monoisotopic (exact) mass is 332 g/mol. The molecule has 132 valence electrons. The van der Waals surface area contributed by atoms with Crippen LogP contribution in [0.15, 0.2) is 24.3 Å². The first-order valence-corrected chi connectivity index (χ1v) is 9.43. The molecule has 3 saturated heterocycles. The van der Waals surface area contributed by atoms with Gasteiger partial charge in [-0.3, -0.25) is 10.3 Å². The molecule has 0 spiro atoms. The van der Waals surface area contributed by atoms with Crippen LogP contribution in [0, 0.1) is 11.7 Å². The van der Waals surface area contributed by atoms with Crippen LogP contribution in [0.5, 0.6) is 0 Å². The molecule has 24 heavy (non-hydrogen) atoms. The minimum Gasteiger partial charge on any atom is -0.301 e. The highest BCUT2D eigenvalue weighted by Gasteiger charge is 2.40. The molecule has 0 bridgehead atoms. The number of hydrogen-bond acceptors (Lipinski definition) is 4. The van der Waals surface area contributed by atoms with Gasteiger partial charge in [-0.15, -0.1) is 0 Å². The van der Waals surface area contributed by atoms with Gasteiger partial charge in [0.25, 0.3) is 0 Å². The zero-order chi connectivity index (χ0) is 16.5. The molecule has 2 N–H and O–H groups in total. The predicted octanol–water partition coefficient (Wildman–Crippen LogP) is 2.15. The van der Waals surface area contributed by atoms with Crippen LogP contribution in [-0.2, 0) is 0 Å². The fourth-order valence-electron chi connectivity index (χ4n) is 4.74. The summed E-state index contributed by atoms with van der Waals surface area (Å²) in [4.78, 5) is 5.24. The Morgan fingerprint density at radius 2 is 2.04 bits per heavy atom. The van der Waals surface area contributed by atoms with E-state index in [4.69, 9.17) is 0 Å². The quantitative estimate of drug-likeness (QED) is 0.884. The molecule has 0 amide bonds. The Bertz CT molecular complexity index is 560. The van der Waals surface area contributed by atoms with Gasteiger partial charge in [-0.1, -0.05) is 12.1 Å². The van der Waals surface area contributed by atoms with Gasteiger partial charge in [0.2, 0.25) is 0 Å². The van der Waals surface area contributed by atoms with Gasteiger partial charge >= 0.3 is 0 Å². The lowest BCUT2D eigenvalue weighted by Crippen LogP contribution is -2.49. The molecule has 4 rings (SSSR count). The van der Waals surface area contributed by atoms with E-state index >= 15 is 0 Å². The van der Waals surface area contributed by atoms with Crippen LogP contribution in [0.1, 0.15) is 37.8 Å². The van der Waals surface area contributed by atoms with Crippen molar-refractivity contribution in [2.75, 3.05) is 32.7 Å². The van der Waals surface area contributed by atoms with Crippen molar-refractivity contribution in [1.29, 1.82) is 0 Å². The Balaban J connectivity index is 1.41. The lowest BCUT2D eigenvalue weighted by molar-refractivity contribution is 0.114. The molecule has 3 heterocycles. The van der Waals surface area contributed by atoms with Gasteiger partial charge in [0.05, 0.1) is 6.04 Å². The number of piperidine rings is 1. The summed E-state index contributed by atoms with van der Waals surface area (Å²) < 4.78 is 13.6. The SMILES string of the molecule is CC(CN1CCC2NNC(c3cccc(F)c3)C2C1)N1CCCC1. The van der Waals surface area contributed by atoms with E-state index in [0.717, 1.165) is 31.6 Å². The van der Waals surface area contributed by atoms with Crippen LogP contribution in [0.2, 0.25) is 0 Å². The first-order valence-electron chi connectivity index (χ1n) is 9.43. The van der Waals surface area contributed by atoms with Crippen molar-refractivity contribution in [3.63, 3.8) is 0 Å². The third kappa shape index (κ3) is 3.36. The number of hydrogen-bond donors (Lipinski definition) is 2. The molecular weight excluding hydrogens is 303 g/mol. The van der Waals surface area contributed by atoms with Crippen LogP contribution in [-0.4, -0.2) is 54.6 Å². The molecule has 3 aliphatic rings. The fourth-order valence-corrected chi connectivity index (χ4v) is 4.74. The smallest absolute Gasteiger partial charge is 0.123 e. The summed E-state index contributed by atoms with van der Waals surface area (Å²) in [5, 5.41) is 0. The first-order chi connectivity index (χ1) is 11.7. The third-order valence-corrected chi connectivity index (χ3v) is 6.09. The van der Waals surface area contributed by atoms with Crippen LogP contribution < -0.4 is 10.9 Å². The Morgan fingerprint density at radius 3 is 2.83 bits per heavy atom. The van der Waals surface area contributed by atoms with E-state index in [0.29, 0.717) is 18.0 Å². The molecule has 1 aromatic carbocycles. The molecule has 0 saturated carbocycles. The molecule has 0 radical (unpaired) electrons. The second kappa shape index (κ2) is 7.08. The van der Waals surface area contributed by atoms with Gasteiger partial charge in [-0.25, -0.2) is 9.82 Å². The second-order valence-electron chi connectivity index (χ2n) is 7.73. The van der Waals surface area contributed by atoms with Crippen molar-refractivity contribution in [2.24, 2.45) is 5.92 Å². The van der Waals surface area contributed by atoms with Crippen LogP contribution in [0.3, 0.4) is 0 Å². The van der Waals surface area contributed by atoms with E-state index < -0.39 is 0 Å². The van der Waals surface area contributed by atoms with Crippen LogP contribution >= 0.6 is 0 Å². The maximum absolute atomic E-state index is 13.6. The Hall–Kier alpha value is -1.01. The highest BCUT2D eigenvalue weighted by Crippen LogP contribution is 2.34. The largest absolute Gasteiger partial charge is 0.301 e. The highest BCUT2D eigenvalue weighted by molar-refractivity contribution is 5.23. The number of rotatable bonds is 4. The predicted molar refractivity (Wildman–Crippen MR) is 94.0 cm³/mol. The van der Waals surface area contributed by atoms with Crippen molar-refractivity contribution < 1.29 is 4.39 Å². The van der Waals surface area contributed by atoms with E-state index in [9.17, 15) is 4.39 Å². The summed E-state index contributed by atoms with van der Waals surface area (Å²) in [5.41, 5.74) is 7.92. The summed E-state index contributed by atoms with van der Waals surface area (Å²) >= 11 is 0. The van der Waals surface area contributed by atoms with Gasteiger partial charge in [-0.05, 0) is 63.5 Å². The molecule has 5 heteroatoms. The molecule has 3 aliphatic heterocycles. The molecule has 0 aromatic heterocycles. The molecule has 4 unspecified atom stereocenters. The number of nitrogens with one attached hydrogen (secondary N) is 2. The van der Waals surface area contributed by atoms with Gasteiger partial charge < -0.3 is 4.90 Å². The zero-order valence-corrected chi connectivity index (χ0v) is 14.5. The van der Waals surface area contributed by atoms with Crippen molar-refractivity contribution in [1.82, 2.24) is 20.7 Å². The Kier molecular flexibility index (Phi) is 4.86. The van der Waals surface area contributed by atoms with Crippen molar-refractivity contribution in [2.45, 2.75) is 44.3 Å². The van der Waals surface area contributed by atoms with E-state index in [1.165, 1.54) is 32.0 Å². The maximum Gasteiger partial charge on any atom is 0.123 e. The molecule has 0 aliphatic carbocycles. The number of hydrazine groups is 1. The lowest BCUT2D eigenvalue weighted by atomic mass is 9.85. The van der Waals surface area contributed by atoms with Crippen molar-refractivity contribution >= 4 is 0 Å². The lowest BCUT2D eigenvalue weighted by Gasteiger charge is -2.38. The topological polar surface area (TPSA) is 30.5 Å². The zero-order valence-electron chi connectivity index (χ0n) is 14.5. The van der Waals surface area contributed by atoms with Crippen molar-refractivity contribution in [3.05, 3.63) is 35.6 Å². The molecule has 1 aromatic rings. The minimum atomic E-state index is -0.145. The van der Waals surface area contributed by atoms with E-state index in [-0.39, 0.29) is 11.9 Å². The van der Waals surface area contributed by atoms with Gasteiger partial charge in [0.15, 0.2) is 0 Å². The Morgan fingerprint density at radius 1 is 1.21 bits per heavy atom. The van der Waals surface area contributed by atoms with E-state index in [1.807, 2.05) is 12.1 Å². The Labute approximate surface area is 144 Å². The normalized spacial score (nSPS) is 32.8. The van der Waals surface area contributed by atoms with Crippen molar-refractivity contribution in [3.8, 4) is 0 Å². The number of halogens is 1. The van der Waals surface area contributed by atoms with E-state index in [2.05, 4.69) is 27.6 Å². The first kappa shape index (κ1) is 16.5. The second-order valence-corrected chi connectivity index (χ2v) is 7.73. The summed E-state index contributed by atoms with van der Waals surface area (Å²) in [5.74, 6) is 0.361. The maximum atomic E-state index is 13.6. The summed E-state index contributed by atoms with van der Waals surface area (Å²) in [6, 6.07) is 8.39. The summed E-state index contributed by atoms with van der Waals surface area (Å²) in [6.07, 6.45) is 3.87. The molecule has 4 atom stereocenters. The number of fused-ring (bicyclic) bond motifs is 1. The summed E-state index contributed by atoms with van der Waals surface area (Å²) in [7, 11) is 0. The van der Waals surface area contributed by atoms with Crippen LogP contribution in [0.4, 0.5) is 4.39 Å². The molecule has 4 nitrogen and oxygen atoms in total. The number of likely N-dealkylation sites (tertiary alicyclic amines) is 2. The fraction of sp³-hybridized carbons (Fsp3) is 0.684. The minimum absolute atomic E-state index is 0.145. The average Bonchev–Trinajstić information content (AvgIpc) is 3.24. The number of benzene rings is 1. The van der Waals surface area contributed by atoms with Gasteiger partial charge in [0.1, 0.15) is 5.82 Å². The standard InChI is InChI=1S/C19H29FN4/c1-14(24-8-2-3-9-24)12-23-10-7-18-17(13-23)19(22-21-18)15-5-4-6-16(20)11-15/h4-6,11,14,17-19,21-22H,2-3,7-10,12-13H2,1H3. The number of nitrogens with zero attached hydrogens (tertiary/aromatic N) is 2. The highest BCUT2D eigenvalue weighted by atomic mass is 19.1. The summed E-state index contributed by atoms with van der Waals surface area (Å²) in [6.45, 7) is 8.28. The average molecular weight is 332 g/mol. The van der Waals surface area contributed by atoms with E-state index in [1.54, 1.807) is 6.07 Å². The molecular formula is C19H29FN4. The third-order valence-electron chi connectivity index (χ3n) is 6.09. The molecule has 3 fully saturated rings. The van der Waals surface area contributed by atoms with Crippen LogP contribution in [0.25, 0.3) is 0 Å². The van der Waals surface area contributed by atoms with Gasteiger partial charge in [-0.2, -0.15) is 0 Å². The van der Waals surface area contributed by atoms with Gasteiger partial charge in [0, 0.05) is 31.1 Å².